The Morgan fingerprint density at radius 1 is 1.34 bits per heavy atom. The van der Waals surface area contributed by atoms with Gasteiger partial charge in [0.1, 0.15) is 0 Å². The van der Waals surface area contributed by atoms with Crippen LogP contribution in [0.5, 0.6) is 0 Å². The zero-order valence-corrected chi connectivity index (χ0v) is 17.5. The van der Waals surface area contributed by atoms with E-state index in [-0.39, 0.29) is 11.3 Å². The van der Waals surface area contributed by atoms with Crippen molar-refractivity contribution in [2.45, 2.75) is 59.3 Å². The molecule has 1 aliphatic carbocycles. The average molecular weight is 392 g/mol. The van der Waals surface area contributed by atoms with Gasteiger partial charge in [-0.25, -0.2) is 0 Å². The summed E-state index contributed by atoms with van der Waals surface area (Å²) < 4.78 is 0. The summed E-state index contributed by atoms with van der Waals surface area (Å²) in [5, 5.41) is 13.9. The number of nitriles is 1. The van der Waals surface area contributed by atoms with E-state index in [4.69, 9.17) is 4.84 Å². The summed E-state index contributed by atoms with van der Waals surface area (Å²) >= 11 is 0. The molecule has 152 valence electrons. The maximum atomic E-state index is 12.8. The number of rotatable bonds is 4. The number of allylic oxidation sites excluding steroid dienone is 2. The van der Waals surface area contributed by atoms with Crippen LogP contribution in [0.4, 0.5) is 0 Å². The van der Waals surface area contributed by atoms with Crippen LogP contribution in [-0.4, -0.2) is 11.2 Å². The second kappa shape index (κ2) is 11.0. The number of hydrogen-bond donors (Lipinski definition) is 1. The van der Waals surface area contributed by atoms with Crippen molar-refractivity contribution in [1.29, 1.82) is 5.26 Å². The largest absolute Gasteiger partial charge is 0.357 e. The Hall–Kier alpha value is -3.13. The molecule has 0 saturated heterocycles. The van der Waals surface area contributed by atoms with Gasteiger partial charge in [-0.1, -0.05) is 44.5 Å². The van der Waals surface area contributed by atoms with Gasteiger partial charge in [0.05, 0.1) is 17.2 Å². The van der Waals surface area contributed by atoms with Crippen molar-refractivity contribution >= 4 is 28.4 Å². The number of aromatic nitrogens is 1. The van der Waals surface area contributed by atoms with Gasteiger partial charge in [-0.3, -0.25) is 4.79 Å². The van der Waals surface area contributed by atoms with Crippen LogP contribution in [0.1, 0.15) is 76.0 Å². The van der Waals surface area contributed by atoms with E-state index >= 15 is 0 Å². The summed E-state index contributed by atoms with van der Waals surface area (Å²) in [6.45, 7) is 9.88. The lowest BCUT2D eigenvalue weighted by atomic mass is 9.92. The minimum Gasteiger partial charge on any atom is -0.357 e. The van der Waals surface area contributed by atoms with Crippen LogP contribution in [0.25, 0.3) is 22.2 Å². The number of hydrogen-bond acceptors (Lipinski definition) is 4. The lowest BCUT2D eigenvalue weighted by Gasteiger charge is -2.16. The topological polar surface area (TPSA) is 78.2 Å². The molecule has 0 atom stereocenters. The predicted octanol–water partition coefficient (Wildman–Crippen LogP) is 6.16. The zero-order valence-electron chi connectivity index (χ0n) is 17.5. The standard InChI is InChI=1S/C21H21N3O2.C3H8/c1-3-23-26-14(2)19-20(16-8-6-4-5-7-9-16)17-12-15(13-22)10-11-18(17)24-21(19)25;1-3-2/h3,8,10-12H,2,4-7,9H2,1H3,(H,24,25);3H2,1-2H3/b23-3+;. The molecule has 5 nitrogen and oxygen atoms in total. The molecule has 3 rings (SSSR count). The first-order valence-corrected chi connectivity index (χ1v) is 10.2. The predicted molar refractivity (Wildman–Crippen MR) is 121 cm³/mol. The fourth-order valence-corrected chi connectivity index (χ4v) is 3.37. The van der Waals surface area contributed by atoms with Crippen LogP contribution in [0, 0.1) is 11.3 Å². The second-order valence-electron chi connectivity index (χ2n) is 6.99. The molecule has 0 amide bonds. The molecule has 1 aliphatic rings. The maximum absolute atomic E-state index is 12.8. The van der Waals surface area contributed by atoms with E-state index in [0.29, 0.717) is 16.6 Å². The first-order chi connectivity index (χ1) is 14.1. The lowest BCUT2D eigenvalue weighted by Crippen LogP contribution is -2.16. The quantitative estimate of drug-likeness (QED) is 0.385. The molecule has 0 radical (unpaired) electrons. The van der Waals surface area contributed by atoms with Gasteiger partial charge in [0.15, 0.2) is 5.76 Å². The smallest absolute Gasteiger partial charge is 0.260 e. The van der Waals surface area contributed by atoms with E-state index in [1.165, 1.54) is 12.6 Å². The number of nitrogens with one attached hydrogen (secondary N) is 1. The molecule has 0 fully saturated rings. The highest BCUT2D eigenvalue weighted by atomic mass is 16.6. The molecule has 0 unspecified atom stereocenters. The monoisotopic (exact) mass is 391 g/mol. The third-order valence-corrected chi connectivity index (χ3v) is 4.55. The normalized spacial score (nSPS) is 13.8. The highest BCUT2D eigenvalue weighted by Crippen LogP contribution is 2.34. The Balaban J connectivity index is 0.000000941. The first-order valence-electron chi connectivity index (χ1n) is 10.2. The van der Waals surface area contributed by atoms with Gasteiger partial charge in [0, 0.05) is 22.7 Å². The molecular formula is C24H29N3O2. The molecule has 0 bridgehead atoms. The third-order valence-electron chi connectivity index (χ3n) is 4.55. The van der Waals surface area contributed by atoms with Gasteiger partial charge in [-0.2, -0.15) is 5.26 Å². The van der Waals surface area contributed by atoms with Crippen LogP contribution in [-0.2, 0) is 4.84 Å². The lowest BCUT2D eigenvalue weighted by molar-refractivity contribution is 0.300. The summed E-state index contributed by atoms with van der Waals surface area (Å²) in [5.41, 5.74) is 3.27. The molecule has 1 N–H and O–H groups in total. The van der Waals surface area contributed by atoms with Gasteiger partial charge < -0.3 is 9.82 Å². The zero-order chi connectivity index (χ0) is 21.2. The molecule has 1 aromatic carbocycles. The number of oxime groups is 1. The van der Waals surface area contributed by atoms with Gasteiger partial charge in [-0.05, 0) is 56.4 Å². The van der Waals surface area contributed by atoms with Crippen LogP contribution in [0.2, 0.25) is 0 Å². The highest BCUT2D eigenvalue weighted by Gasteiger charge is 2.21. The maximum Gasteiger partial charge on any atom is 0.260 e. The van der Waals surface area contributed by atoms with Crippen LogP contribution >= 0.6 is 0 Å². The number of pyridine rings is 1. The van der Waals surface area contributed by atoms with Crippen LogP contribution < -0.4 is 5.56 Å². The number of fused-ring (bicyclic) bond motifs is 1. The number of nitrogens with zero attached hydrogens (tertiary/aromatic N) is 2. The number of aromatic amines is 1. The molecule has 0 spiro atoms. The average Bonchev–Trinajstić information content (AvgIpc) is 3.00. The second-order valence-corrected chi connectivity index (χ2v) is 6.99. The van der Waals surface area contributed by atoms with Crippen molar-refractivity contribution in [2.24, 2.45) is 5.16 Å². The summed E-state index contributed by atoms with van der Waals surface area (Å²) in [5.74, 6) is 0.203. The molecular weight excluding hydrogens is 362 g/mol. The molecule has 1 aromatic heterocycles. The Morgan fingerprint density at radius 3 is 2.79 bits per heavy atom. The summed E-state index contributed by atoms with van der Waals surface area (Å²) in [4.78, 5) is 21.0. The highest BCUT2D eigenvalue weighted by molar-refractivity contribution is 5.96. The molecule has 0 aliphatic heterocycles. The van der Waals surface area contributed by atoms with Crippen molar-refractivity contribution in [2.75, 3.05) is 0 Å². The number of benzene rings is 1. The Kier molecular flexibility index (Phi) is 8.42. The number of H-pyrrole nitrogens is 1. The van der Waals surface area contributed by atoms with Crippen molar-refractivity contribution in [3.63, 3.8) is 0 Å². The van der Waals surface area contributed by atoms with E-state index in [0.717, 1.165) is 48.6 Å². The minimum atomic E-state index is -0.265. The van der Waals surface area contributed by atoms with E-state index in [1.54, 1.807) is 19.1 Å². The van der Waals surface area contributed by atoms with Crippen LogP contribution in [0.3, 0.4) is 0 Å². The molecule has 0 saturated carbocycles. The van der Waals surface area contributed by atoms with E-state index in [9.17, 15) is 10.1 Å². The Bertz CT molecular complexity index is 1020. The summed E-state index contributed by atoms with van der Waals surface area (Å²) in [6.07, 6.45) is 10.2. The molecule has 29 heavy (non-hydrogen) atoms. The van der Waals surface area contributed by atoms with Crippen molar-refractivity contribution in [3.8, 4) is 6.07 Å². The van der Waals surface area contributed by atoms with Crippen LogP contribution in [0.15, 0.2) is 40.8 Å². The van der Waals surface area contributed by atoms with E-state index in [2.05, 4.69) is 42.7 Å². The minimum absolute atomic E-state index is 0.203. The first kappa shape index (κ1) is 22.2. The van der Waals surface area contributed by atoms with Crippen molar-refractivity contribution in [1.82, 2.24) is 4.98 Å². The van der Waals surface area contributed by atoms with Gasteiger partial charge in [-0.15, -0.1) is 0 Å². The fourth-order valence-electron chi connectivity index (χ4n) is 3.37. The summed E-state index contributed by atoms with van der Waals surface area (Å²) in [7, 11) is 0. The fraction of sp³-hybridized carbons (Fsp3) is 0.375. The van der Waals surface area contributed by atoms with Crippen molar-refractivity contribution in [3.05, 3.63) is 57.9 Å². The summed E-state index contributed by atoms with van der Waals surface area (Å²) in [6, 6.07) is 7.46. The van der Waals surface area contributed by atoms with E-state index in [1.807, 2.05) is 6.07 Å². The Morgan fingerprint density at radius 2 is 2.10 bits per heavy atom. The Labute approximate surface area is 172 Å². The van der Waals surface area contributed by atoms with Gasteiger partial charge in [0.25, 0.3) is 5.56 Å². The van der Waals surface area contributed by atoms with Gasteiger partial charge in [0.2, 0.25) is 0 Å². The molecule has 2 aromatic rings. The SMILES string of the molecule is C=C(O/N=C/C)c1c(C2=CCCCCC2)c2cc(C#N)ccc2[nH]c1=O.CCC. The molecule has 1 heterocycles. The van der Waals surface area contributed by atoms with Gasteiger partial charge >= 0.3 is 0 Å². The van der Waals surface area contributed by atoms with E-state index < -0.39 is 0 Å². The molecule has 5 heteroatoms. The van der Waals surface area contributed by atoms with Crippen molar-refractivity contribution < 1.29 is 4.84 Å². The third kappa shape index (κ3) is 5.45.